The van der Waals surface area contributed by atoms with Crippen molar-refractivity contribution in [2.24, 2.45) is 7.05 Å². The summed E-state index contributed by atoms with van der Waals surface area (Å²) in [6.45, 7) is 5.47. The Balaban J connectivity index is 1.66. The molecule has 0 unspecified atom stereocenters. The lowest BCUT2D eigenvalue weighted by molar-refractivity contribution is 0.652. The second-order valence-electron chi connectivity index (χ2n) is 8.04. The molecule has 158 valence electrons. The average molecular weight is 436 g/mol. The minimum atomic E-state index is -0.375. The zero-order chi connectivity index (χ0) is 21.9. The Kier molecular flexibility index (Phi) is 4.51. The minimum absolute atomic E-state index is 0.222. The Labute approximate surface area is 183 Å². The van der Waals surface area contributed by atoms with Gasteiger partial charge in [-0.2, -0.15) is 4.98 Å². The quantitative estimate of drug-likeness (QED) is 0.495. The normalized spacial score (nSPS) is 13.2. The summed E-state index contributed by atoms with van der Waals surface area (Å²) in [4.78, 5) is 33.1. The summed E-state index contributed by atoms with van der Waals surface area (Å²) in [5.74, 6) is 0.648. The van der Waals surface area contributed by atoms with E-state index in [4.69, 9.17) is 11.6 Å². The standard InChI is InChI=1S/C23H22ClN5O2/c1-14-4-7-16(8-5-14)13-29-21(30)19-20(26(3)23(29)31)25-22-27(10-11-28(19)22)17-9-6-15(2)18(24)12-17/h4-9,12H,10-11,13H2,1-3H3. The lowest BCUT2D eigenvalue weighted by Gasteiger charge is -2.16. The van der Waals surface area contributed by atoms with E-state index in [0.717, 1.165) is 22.4 Å². The van der Waals surface area contributed by atoms with Crippen LogP contribution >= 0.6 is 11.6 Å². The van der Waals surface area contributed by atoms with Gasteiger partial charge in [0.05, 0.1) is 6.54 Å². The molecule has 0 fully saturated rings. The average Bonchev–Trinajstić information content (AvgIpc) is 3.32. The van der Waals surface area contributed by atoms with E-state index in [2.05, 4.69) is 4.98 Å². The maximum Gasteiger partial charge on any atom is 0.332 e. The zero-order valence-electron chi connectivity index (χ0n) is 17.6. The number of aryl methyl sites for hydroxylation is 3. The van der Waals surface area contributed by atoms with Gasteiger partial charge in [0.1, 0.15) is 0 Å². The van der Waals surface area contributed by atoms with Crippen LogP contribution in [0.15, 0.2) is 52.1 Å². The molecule has 1 aliphatic rings. The summed E-state index contributed by atoms with van der Waals surface area (Å²) in [5, 5.41) is 0.680. The molecule has 7 nitrogen and oxygen atoms in total. The molecular formula is C23H22ClN5O2. The van der Waals surface area contributed by atoms with E-state index in [-0.39, 0.29) is 17.8 Å². The van der Waals surface area contributed by atoms with Crippen molar-refractivity contribution in [2.75, 3.05) is 11.4 Å². The van der Waals surface area contributed by atoms with Crippen LogP contribution in [0.3, 0.4) is 0 Å². The monoisotopic (exact) mass is 435 g/mol. The molecule has 3 heterocycles. The third-order valence-corrected chi connectivity index (χ3v) is 6.34. The van der Waals surface area contributed by atoms with Gasteiger partial charge in [-0.1, -0.05) is 47.5 Å². The first-order chi connectivity index (χ1) is 14.8. The van der Waals surface area contributed by atoms with Crippen LogP contribution in [0, 0.1) is 13.8 Å². The fourth-order valence-electron chi connectivity index (χ4n) is 4.09. The topological polar surface area (TPSA) is 65.1 Å². The first-order valence-corrected chi connectivity index (χ1v) is 10.5. The number of nitrogens with zero attached hydrogens (tertiary/aromatic N) is 5. The minimum Gasteiger partial charge on any atom is -0.310 e. The van der Waals surface area contributed by atoms with Crippen LogP contribution in [0.2, 0.25) is 5.02 Å². The molecule has 31 heavy (non-hydrogen) atoms. The van der Waals surface area contributed by atoms with Gasteiger partial charge in [-0.3, -0.25) is 13.9 Å². The van der Waals surface area contributed by atoms with Crippen molar-refractivity contribution in [3.8, 4) is 0 Å². The number of rotatable bonds is 3. The predicted octanol–water partition coefficient (Wildman–Crippen LogP) is 3.37. The van der Waals surface area contributed by atoms with Crippen LogP contribution in [0.5, 0.6) is 0 Å². The molecule has 0 spiro atoms. The van der Waals surface area contributed by atoms with E-state index in [0.29, 0.717) is 35.2 Å². The Morgan fingerprint density at radius 2 is 1.77 bits per heavy atom. The van der Waals surface area contributed by atoms with E-state index in [9.17, 15) is 9.59 Å². The van der Waals surface area contributed by atoms with Gasteiger partial charge in [-0.05, 0) is 37.1 Å². The number of anilines is 2. The summed E-state index contributed by atoms with van der Waals surface area (Å²) in [6.07, 6.45) is 0. The van der Waals surface area contributed by atoms with Crippen LogP contribution in [0.25, 0.3) is 11.2 Å². The Bertz CT molecular complexity index is 1450. The fraction of sp³-hybridized carbons (Fsp3) is 0.261. The lowest BCUT2D eigenvalue weighted by atomic mass is 10.1. The maximum atomic E-state index is 13.4. The van der Waals surface area contributed by atoms with Gasteiger partial charge in [-0.25, -0.2) is 4.79 Å². The van der Waals surface area contributed by atoms with Gasteiger partial charge in [-0.15, -0.1) is 0 Å². The first-order valence-electron chi connectivity index (χ1n) is 10.1. The van der Waals surface area contributed by atoms with Crippen LogP contribution in [0.1, 0.15) is 16.7 Å². The van der Waals surface area contributed by atoms with Crippen LogP contribution in [0.4, 0.5) is 11.6 Å². The van der Waals surface area contributed by atoms with E-state index < -0.39 is 0 Å². The summed E-state index contributed by atoms with van der Waals surface area (Å²) in [6, 6.07) is 13.7. The molecule has 0 saturated heterocycles. The lowest BCUT2D eigenvalue weighted by Crippen LogP contribution is -2.40. The molecule has 1 aliphatic heterocycles. The molecule has 0 atom stereocenters. The van der Waals surface area contributed by atoms with Crippen molar-refractivity contribution in [2.45, 2.75) is 26.9 Å². The SMILES string of the molecule is Cc1ccc(Cn2c(=O)c3c(nc4n3CCN4c3ccc(C)c(Cl)c3)n(C)c2=O)cc1. The first kappa shape index (κ1) is 19.6. The van der Waals surface area contributed by atoms with Gasteiger partial charge >= 0.3 is 5.69 Å². The van der Waals surface area contributed by atoms with Gasteiger partial charge in [0.15, 0.2) is 11.2 Å². The molecule has 0 N–H and O–H groups in total. The van der Waals surface area contributed by atoms with Crippen molar-refractivity contribution in [1.29, 1.82) is 0 Å². The van der Waals surface area contributed by atoms with Crippen molar-refractivity contribution < 1.29 is 0 Å². The van der Waals surface area contributed by atoms with Gasteiger partial charge in [0, 0.05) is 30.8 Å². The van der Waals surface area contributed by atoms with Crippen LogP contribution in [-0.2, 0) is 20.1 Å². The number of imidazole rings is 1. The molecule has 2 aromatic carbocycles. The van der Waals surface area contributed by atoms with E-state index >= 15 is 0 Å². The summed E-state index contributed by atoms with van der Waals surface area (Å²) in [7, 11) is 1.66. The molecule has 0 bridgehead atoms. The molecule has 0 radical (unpaired) electrons. The highest BCUT2D eigenvalue weighted by molar-refractivity contribution is 6.31. The van der Waals surface area contributed by atoms with Gasteiger partial charge in [0.25, 0.3) is 5.56 Å². The van der Waals surface area contributed by atoms with E-state index in [1.807, 2.05) is 65.8 Å². The number of aromatic nitrogens is 4. The zero-order valence-corrected chi connectivity index (χ0v) is 18.3. The molecule has 0 saturated carbocycles. The molecule has 4 aromatic rings. The van der Waals surface area contributed by atoms with Crippen LogP contribution < -0.4 is 16.1 Å². The second kappa shape index (κ2) is 7.13. The number of hydrogen-bond acceptors (Lipinski definition) is 4. The Hall–Kier alpha value is -3.32. The molecule has 0 amide bonds. The highest BCUT2D eigenvalue weighted by Crippen LogP contribution is 2.33. The molecule has 0 aliphatic carbocycles. The second-order valence-corrected chi connectivity index (χ2v) is 8.45. The maximum absolute atomic E-state index is 13.4. The fourth-order valence-corrected chi connectivity index (χ4v) is 4.26. The number of halogens is 1. The summed E-state index contributed by atoms with van der Waals surface area (Å²) in [5.41, 5.74) is 4.10. The molecule has 5 rings (SSSR count). The summed E-state index contributed by atoms with van der Waals surface area (Å²) >= 11 is 6.32. The predicted molar refractivity (Wildman–Crippen MR) is 123 cm³/mol. The molecular weight excluding hydrogens is 414 g/mol. The highest BCUT2D eigenvalue weighted by atomic mass is 35.5. The third kappa shape index (κ3) is 3.08. The van der Waals surface area contributed by atoms with E-state index in [1.54, 1.807) is 7.05 Å². The van der Waals surface area contributed by atoms with Crippen molar-refractivity contribution in [1.82, 2.24) is 18.7 Å². The summed E-state index contributed by atoms with van der Waals surface area (Å²) < 4.78 is 4.64. The highest BCUT2D eigenvalue weighted by Gasteiger charge is 2.29. The van der Waals surface area contributed by atoms with E-state index in [1.165, 1.54) is 9.13 Å². The molecule has 8 heteroatoms. The number of fused-ring (bicyclic) bond motifs is 3. The van der Waals surface area contributed by atoms with Crippen LogP contribution in [-0.4, -0.2) is 25.2 Å². The largest absolute Gasteiger partial charge is 0.332 e. The molecule has 2 aromatic heterocycles. The smallest absolute Gasteiger partial charge is 0.310 e. The van der Waals surface area contributed by atoms with Gasteiger partial charge < -0.3 is 9.47 Å². The number of benzene rings is 2. The van der Waals surface area contributed by atoms with Crippen molar-refractivity contribution >= 4 is 34.4 Å². The third-order valence-electron chi connectivity index (χ3n) is 5.93. The van der Waals surface area contributed by atoms with Gasteiger partial charge in [0.2, 0.25) is 5.95 Å². The van der Waals surface area contributed by atoms with Crippen molar-refractivity contribution in [3.05, 3.63) is 85.0 Å². The number of hydrogen-bond donors (Lipinski definition) is 0. The Morgan fingerprint density at radius 3 is 2.48 bits per heavy atom. The van der Waals surface area contributed by atoms with Crippen molar-refractivity contribution in [3.63, 3.8) is 0 Å². The Morgan fingerprint density at radius 1 is 1.03 bits per heavy atom.